The zero-order valence-corrected chi connectivity index (χ0v) is 31.0. The van der Waals surface area contributed by atoms with E-state index in [1.807, 2.05) is 26.0 Å². The minimum Gasteiger partial charge on any atom is -0.466 e. The molecule has 0 saturated carbocycles. The standard InChI is InChI=1S/C33H29Cl2NO9S3/c1-14-11-18-20(12-15(14)2)36(27(37)17-10-9-16(34)13-19(17)35)32(3,4)26-21(18)33(22(28(38)42-5)23(46-26)29(39)43-6)47-24(30(40)44-7)25(48-33)31(41)45-8/h9-13H,1-8H3. The van der Waals surface area contributed by atoms with Crippen molar-refractivity contribution < 1.29 is 42.9 Å². The highest BCUT2D eigenvalue weighted by Crippen LogP contribution is 2.71. The Hall–Kier alpha value is -3.36. The highest BCUT2D eigenvalue weighted by Gasteiger charge is 2.62. The number of esters is 4. The number of carbonyl (C=O) groups excluding carboxylic acids is 5. The summed E-state index contributed by atoms with van der Waals surface area (Å²) < 4.78 is 18.8. The first-order valence-electron chi connectivity index (χ1n) is 14.1. The highest BCUT2D eigenvalue weighted by molar-refractivity contribution is 8.26. The van der Waals surface area contributed by atoms with Gasteiger partial charge in [0, 0.05) is 21.1 Å². The van der Waals surface area contributed by atoms with E-state index in [1.54, 1.807) is 24.8 Å². The number of nitrogens with zero attached hydrogens (tertiary/aromatic N) is 1. The predicted molar refractivity (Wildman–Crippen MR) is 188 cm³/mol. The van der Waals surface area contributed by atoms with Crippen LogP contribution in [0, 0.1) is 13.8 Å². The van der Waals surface area contributed by atoms with Crippen LogP contribution in [0.2, 0.25) is 10.0 Å². The first kappa shape index (κ1) is 35.9. The summed E-state index contributed by atoms with van der Waals surface area (Å²) in [5, 5.41) is 0.491. The van der Waals surface area contributed by atoms with Gasteiger partial charge in [0.15, 0.2) is 0 Å². The number of anilines is 1. The molecule has 0 radical (unpaired) electrons. The number of hydrogen-bond donors (Lipinski definition) is 0. The van der Waals surface area contributed by atoms with E-state index in [9.17, 15) is 24.0 Å². The second-order valence-corrected chi connectivity index (χ2v) is 15.8. The summed E-state index contributed by atoms with van der Waals surface area (Å²) in [5.41, 5.74) is 1.96. The maximum absolute atomic E-state index is 14.6. The van der Waals surface area contributed by atoms with Crippen molar-refractivity contribution in [2.45, 2.75) is 37.3 Å². The molecule has 48 heavy (non-hydrogen) atoms. The molecule has 2 aromatic rings. The molecule has 252 valence electrons. The lowest BCUT2D eigenvalue weighted by molar-refractivity contribution is -0.138. The molecule has 10 nitrogen and oxygen atoms in total. The van der Waals surface area contributed by atoms with Crippen LogP contribution in [0.5, 0.6) is 0 Å². The van der Waals surface area contributed by atoms with Crippen LogP contribution in [0.3, 0.4) is 0 Å². The van der Waals surface area contributed by atoms with Gasteiger partial charge in [0.05, 0.1) is 55.8 Å². The zero-order valence-electron chi connectivity index (χ0n) is 27.0. The number of methoxy groups -OCH3 is 4. The number of fused-ring (bicyclic) bond motifs is 3. The Morgan fingerprint density at radius 1 is 0.729 bits per heavy atom. The van der Waals surface area contributed by atoms with Gasteiger partial charge in [-0.1, -0.05) is 58.5 Å². The van der Waals surface area contributed by atoms with Gasteiger partial charge in [0.25, 0.3) is 5.91 Å². The largest absolute Gasteiger partial charge is 0.466 e. The van der Waals surface area contributed by atoms with Gasteiger partial charge in [0.2, 0.25) is 0 Å². The molecule has 0 N–H and O–H groups in total. The van der Waals surface area contributed by atoms with Crippen LogP contribution in [-0.2, 0) is 38.1 Å². The number of benzene rings is 2. The van der Waals surface area contributed by atoms with Crippen molar-refractivity contribution in [2.24, 2.45) is 0 Å². The second-order valence-electron chi connectivity index (χ2n) is 11.2. The van der Waals surface area contributed by atoms with E-state index in [-0.39, 0.29) is 30.9 Å². The lowest BCUT2D eigenvalue weighted by atomic mass is 9.82. The number of halogens is 2. The van der Waals surface area contributed by atoms with Crippen LogP contribution in [0.1, 0.15) is 40.9 Å². The Morgan fingerprint density at radius 2 is 1.25 bits per heavy atom. The normalized spacial score (nSPS) is 17.6. The smallest absolute Gasteiger partial charge is 0.345 e. The minimum absolute atomic E-state index is 0.131. The van der Waals surface area contributed by atoms with Crippen molar-refractivity contribution >= 4 is 99.5 Å². The first-order valence-corrected chi connectivity index (χ1v) is 17.3. The molecule has 15 heteroatoms. The van der Waals surface area contributed by atoms with Crippen LogP contribution in [0.15, 0.2) is 55.5 Å². The molecular formula is C33H29Cl2NO9S3. The van der Waals surface area contributed by atoms with Crippen molar-refractivity contribution in [1.82, 2.24) is 0 Å². The maximum Gasteiger partial charge on any atom is 0.345 e. The van der Waals surface area contributed by atoms with Crippen LogP contribution < -0.4 is 4.90 Å². The lowest BCUT2D eigenvalue weighted by Crippen LogP contribution is -2.54. The van der Waals surface area contributed by atoms with E-state index in [2.05, 4.69) is 0 Å². The van der Waals surface area contributed by atoms with Gasteiger partial charge in [-0.15, -0.1) is 0 Å². The quantitative estimate of drug-likeness (QED) is 0.235. The van der Waals surface area contributed by atoms with E-state index in [0.717, 1.165) is 67.7 Å². The van der Waals surface area contributed by atoms with Crippen molar-refractivity contribution in [1.29, 1.82) is 0 Å². The molecule has 2 aromatic carbocycles. The average Bonchev–Trinajstić information content (AvgIpc) is 3.44. The SMILES string of the molecule is COC(=O)C1=C(C(=O)OC)SC2(S1)C(C(=O)OC)=C(C(=O)OC)SC1=C2c2cc(C)c(C)cc2N(C(=O)c2ccc(Cl)cc2Cl)C1(C)C. The molecule has 0 unspecified atom stereocenters. The molecule has 0 atom stereocenters. The number of thioether (sulfide) groups is 3. The Bertz CT molecular complexity index is 1900. The van der Waals surface area contributed by atoms with Crippen molar-refractivity contribution in [3.63, 3.8) is 0 Å². The van der Waals surface area contributed by atoms with Gasteiger partial charge in [0.1, 0.15) is 18.8 Å². The summed E-state index contributed by atoms with van der Waals surface area (Å²) in [4.78, 5) is 70.1. The topological polar surface area (TPSA) is 126 Å². The van der Waals surface area contributed by atoms with E-state index in [0.29, 0.717) is 26.8 Å². The van der Waals surface area contributed by atoms with Gasteiger partial charge >= 0.3 is 23.9 Å². The van der Waals surface area contributed by atoms with Crippen LogP contribution in [-0.4, -0.2) is 67.8 Å². The summed E-state index contributed by atoms with van der Waals surface area (Å²) in [6, 6.07) is 8.30. The predicted octanol–water partition coefficient (Wildman–Crippen LogP) is 6.84. The highest BCUT2D eigenvalue weighted by atomic mass is 35.5. The van der Waals surface area contributed by atoms with Gasteiger partial charge in [-0.25, -0.2) is 19.2 Å². The summed E-state index contributed by atoms with van der Waals surface area (Å²) in [6.07, 6.45) is 0. The van der Waals surface area contributed by atoms with Gasteiger partial charge in [-0.05, 0) is 69.2 Å². The third kappa shape index (κ3) is 5.53. The Balaban J connectivity index is 1.92. The molecule has 0 aliphatic carbocycles. The fraction of sp³-hybridized carbons (Fsp3) is 0.303. The molecule has 0 aromatic heterocycles. The number of ether oxygens (including phenoxy) is 4. The summed E-state index contributed by atoms with van der Waals surface area (Å²) >= 11 is 15.4. The molecule has 0 saturated heterocycles. The number of amides is 1. The van der Waals surface area contributed by atoms with Crippen molar-refractivity contribution in [3.05, 3.63) is 87.8 Å². The van der Waals surface area contributed by atoms with E-state index >= 15 is 0 Å². The van der Waals surface area contributed by atoms with E-state index < -0.39 is 39.4 Å². The Morgan fingerprint density at radius 3 is 1.77 bits per heavy atom. The van der Waals surface area contributed by atoms with Crippen molar-refractivity contribution in [3.8, 4) is 0 Å². The molecule has 3 heterocycles. The summed E-state index contributed by atoms with van der Waals surface area (Å²) in [5.74, 6) is -3.90. The van der Waals surface area contributed by atoms with Crippen LogP contribution in [0.25, 0.3) is 5.57 Å². The molecule has 3 aliphatic heterocycles. The average molecular weight is 751 g/mol. The van der Waals surface area contributed by atoms with Gasteiger partial charge in [-0.2, -0.15) is 0 Å². The molecule has 0 bridgehead atoms. The lowest BCUT2D eigenvalue weighted by Gasteiger charge is -2.51. The molecule has 1 spiro atoms. The fourth-order valence-corrected chi connectivity index (χ4v) is 11.3. The molecule has 0 fully saturated rings. The maximum atomic E-state index is 14.6. The second kappa shape index (κ2) is 13.2. The van der Waals surface area contributed by atoms with Gasteiger partial charge in [-0.3, -0.25) is 9.69 Å². The monoisotopic (exact) mass is 749 g/mol. The Labute approximate surface area is 299 Å². The molecule has 1 amide bonds. The fourth-order valence-electron chi connectivity index (χ4n) is 5.72. The molecule has 3 aliphatic rings. The van der Waals surface area contributed by atoms with Gasteiger partial charge < -0.3 is 18.9 Å². The zero-order chi connectivity index (χ0) is 35.5. The van der Waals surface area contributed by atoms with E-state index in [1.165, 1.54) is 19.2 Å². The number of rotatable bonds is 5. The third-order valence-corrected chi connectivity index (χ3v) is 13.3. The number of carbonyl (C=O) groups is 5. The minimum atomic E-state index is -1.69. The first-order chi connectivity index (χ1) is 22.6. The Kier molecular flexibility index (Phi) is 9.85. The van der Waals surface area contributed by atoms with E-state index in [4.69, 9.17) is 42.1 Å². The van der Waals surface area contributed by atoms with Crippen LogP contribution in [0.4, 0.5) is 5.69 Å². The summed E-state index contributed by atoms with van der Waals surface area (Å²) in [6.45, 7) is 7.38. The van der Waals surface area contributed by atoms with Crippen LogP contribution >= 0.6 is 58.5 Å². The number of aryl methyl sites for hydroxylation is 2. The molecular weight excluding hydrogens is 721 g/mol. The molecule has 5 rings (SSSR count). The summed E-state index contributed by atoms with van der Waals surface area (Å²) in [7, 11) is 4.65. The third-order valence-electron chi connectivity index (χ3n) is 8.12. The number of hydrogen-bond acceptors (Lipinski definition) is 12. The van der Waals surface area contributed by atoms with Crippen molar-refractivity contribution in [2.75, 3.05) is 33.3 Å².